The molecule has 4 heteroatoms. The molecule has 17 heavy (non-hydrogen) atoms. The van der Waals surface area contributed by atoms with Gasteiger partial charge in [0.05, 0.1) is 6.10 Å². The van der Waals surface area contributed by atoms with Gasteiger partial charge in [0.1, 0.15) is 0 Å². The van der Waals surface area contributed by atoms with Crippen molar-refractivity contribution in [2.75, 3.05) is 6.54 Å². The van der Waals surface area contributed by atoms with Crippen molar-refractivity contribution in [2.45, 2.75) is 38.8 Å². The maximum atomic E-state index is 10.1. The Bertz CT molecular complexity index is 353. The van der Waals surface area contributed by atoms with Crippen LogP contribution in [0.2, 0.25) is 10.0 Å². The van der Waals surface area contributed by atoms with Crippen LogP contribution in [0.25, 0.3) is 0 Å². The van der Waals surface area contributed by atoms with Crippen LogP contribution in [0.3, 0.4) is 0 Å². The van der Waals surface area contributed by atoms with Crippen molar-refractivity contribution in [1.82, 2.24) is 5.32 Å². The van der Waals surface area contributed by atoms with Gasteiger partial charge < -0.3 is 10.4 Å². The highest BCUT2D eigenvalue weighted by Gasteiger charge is 2.13. The SMILES string of the molecule is CCC(CC)NCC(O)c1cc(Cl)ccc1Cl. The fraction of sp³-hybridized carbons (Fsp3) is 0.538. The van der Waals surface area contributed by atoms with Crippen LogP contribution >= 0.6 is 23.2 Å². The summed E-state index contributed by atoms with van der Waals surface area (Å²) in [7, 11) is 0. The van der Waals surface area contributed by atoms with Crippen molar-refractivity contribution in [3.63, 3.8) is 0 Å². The van der Waals surface area contributed by atoms with Gasteiger partial charge in [-0.05, 0) is 31.0 Å². The third-order valence-corrected chi connectivity index (χ3v) is 3.48. The Labute approximate surface area is 113 Å². The Hall–Kier alpha value is -0.280. The summed E-state index contributed by atoms with van der Waals surface area (Å²) >= 11 is 11.9. The number of halogens is 2. The average molecular weight is 276 g/mol. The first kappa shape index (κ1) is 14.8. The second kappa shape index (κ2) is 7.22. The van der Waals surface area contributed by atoms with E-state index in [0.29, 0.717) is 28.2 Å². The number of nitrogens with one attached hydrogen (secondary N) is 1. The second-order valence-electron chi connectivity index (χ2n) is 4.10. The van der Waals surface area contributed by atoms with Crippen molar-refractivity contribution < 1.29 is 5.11 Å². The summed E-state index contributed by atoms with van der Waals surface area (Å²) in [6.07, 6.45) is 1.47. The summed E-state index contributed by atoms with van der Waals surface area (Å²) in [4.78, 5) is 0. The average Bonchev–Trinajstić information content (AvgIpc) is 2.33. The lowest BCUT2D eigenvalue weighted by Gasteiger charge is -2.19. The number of aliphatic hydroxyl groups excluding tert-OH is 1. The standard InChI is InChI=1S/C13H19Cl2NO/c1-3-10(4-2)16-8-13(17)11-7-9(14)5-6-12(11)15/h5-7,10,13,16-17H,3-4,8H2,1-2H3. The molecule has 1 aromatic rings. The molecule has 0 aliphatic rings. The highest BCUT2D eigenvalue weighted by Crippen LogP contribution is 2.26. The van der Waals surface area contributed by atoms with Gasteiger partial charge in [0, 0.05) is 28.2 Å². The van der Waals surface area contributed by atoms with Crippen LogP contribution in [0.1, 0.15) is 38.4 Å². The molecule has 96 valence electrons. The van der Waals surface area contributed by atoms with E-state index in [9.17, 15) is 5.11 Å². The Morgan fingerprint density at radius 2 is 1.88 bits per heavy atom. The first-order valence-electron chi connectivity index (χ1n) is 5.94. The molecule has 1 unspecified atom stereocenters. The minimum atomic E-state index is -0.623. The topological polar surface area (TPSA) is 32.3 Å². The van der Waals surface area contributed by atoms with E-state index < -0.39 is 6.10 Å². The van der Waals surface area contributed by atoms with Gasteiger partial charge in [-0.2, -0.15) is 0 Å². The fourth-order valence-electron chi connectivity index (χ4n) is 1.74. The quantitative estimate of drug-likeness (QED) is 0.828. The number of hydrogen-bond acceptors (Lipinski definition) is 2. The van der Waals surface area contributed by atoms with Crippen molar-refractivity contribution in [3.05, 3.63) is 33.8 Å². The molecule has 0 amide bonds. The molecule has 1 rings (SSSR count). The molecule has 0 heterocycles. The lowest BCUT2D eigenvalue weighted by molar-refractivity contribution is 0.169. The summed E-state index contributed by atoms with van der Waals surface area (Å²) in [5, 5.41) is 14.5. The van der Waals surface area contributed by atoms with E-state index >= 15 is 0 Å². The van der Waals surface area contributed by atoms with Gasteiger partial charge in [0.2, 0.25) is 0 Å². The zero-order valence-corrected chi connectivity index (χ0v) is 11.7. The van der Waals surface area contributed by atoms with E-state index in [1.165, 1.54) is 0 Å². The molecule has 0 bridgehead atoms. The molecule has 0 fully saturated rings. The first-order chi connectivity index (χ1) is 8.08. The molecule has 0 saturated carbocycles. The molecule has 2 nitrogen and oxygen atoms in total. The molecular weight excluding hydrogens is 257 g/mol. The molecule has 1 aromatic carbocycles. The van der Waals surface area contributed by atoms with Crippen molar-refractivity contribution in [3.8, 4) is 0 Å². The summed E-state index contributed by atoms with van der Waals surface area (Å²) in [5.74, 6) is 0. The lowest BCUT2D eigenvalue weighted by Crippen LogP contribution is -2.31. The van der Waals surface area contributed by atoms with Crippen LogP contribution in [-0.2, 0) is 0 Å². The normalized spacial score (nSPS) is 13.1. The van der Waals surface area contributed by atoms with E-state index in [0.717, 1.165) is 12.8 Å². The number of aliphatic hydroxyl groups is 1. The van der Waals surface area contributed by atoms with Crippen LogP contribution in [0.4, 0.5) is 0 Å². The number of rotatable bonds is 6. The van der Waals surface area contributed by atoms with E-state index in [1.54, 1.807) is 18.2 Å². The van der Waals surface area contributed by atoms with Crippen LogP contribution in [0.15, 0.2) is 18.2 Å². The van der Waals surface area contributed by atoms with E-state index in [-0.39, 0.29) is 0 Å². The summed E-state index contributed by atoms with van der Waals surface area (Å²) in [6.45, 7) is 4.74. The first-order valence-corrected chi connectivity index (χ1v) is 6.70. The molecule has 1 atom stereocenters. The van der Waals surface area contributed by atoms with Gasteiger partial charge in [-0.3, -0.25) is 0 Å². The monoisotopic (exact) mass is 275 g/mol. The molecule has 2 N–H and O–H groups in total. The number of benzene rings is 1. The van der Waals surface area contributed by atoms with E-state index in [2.05, 4.69) is 19.2 Å². The molecule has 0 aromatic heterocycles. The van der Waals surface area contributed by atoms with Crippen LogP contribution in [0.5, 0.6) is 0 Å². The zero-order chi connectivity index (χ0) is 12.8. The smallest absolute Gasteiger partial charge is 0.0929 e. The second-order valence-corrected chi connectivity index (χ2v) is 4.95. The maximum absolute atomic E-state index is 10.1. The van der Waals surface area contributed by atoms with Crippen molar-refractivity contribution >= 4 is 23.2 Å². The van der Waals surface area contributed by atoms with Gasteiger partial charge in [-0.1, -0.05) is 37.0 Å². The molecule has 0 aliphatic carbocycles. The maximum Gasteiger partial charge on any atom is 0.0929 e. The van der Waals surface area contributed by atoms with Crippen LogP contribution in [0, 0.1) is 0 Å². The van der Waals surface area contributed by atoms with Crippen LogP contribution < -0.4 is 5.32 Å². The van der Waals surface area contributed by atoms with Gasteiger partial charge in [-0.15, -0.1) is 0 Å². The Morgan fingerprint density at radius 3 is 2.47 bits per heavy atom. The van der Waals surface area contributed by atoms with Crippen molar-refractivity contribution in [2.24, 2.45) is 0 Å². The third-order valence-electron chi connectivity index (χ3n) is 2.90. The van der Waals surface area contributed by atoms with E-state index in [1.807, 2.05) is 0 Å². The molecule has 0 spiro atoms. The Morgan fingerprint density at radius 1 is 1.24 bits per heavy atom. The fourth-order valence-corrected chi connectivity index (χ4v) is 2.16. The summed E-state index contributed by atoms with van der Waals surface area (Å²) in [5.41, 5.74) is 0.678. The minimum Gasteiger partial charge on any atom is -0.387 e. The third kappa shape index (κ3) is 4.47. The van der Waals surface area contributed by atoms with Gasteiger partial charge in [0.15, 0.2) is 0 Å². The van der Waals surface area contributed by atoms with Crippen molar-refractivity contribution in [1.29, 1.82) is 0 Å². The predicted octanol–water partition coefficient (Wildman–Crippen LogP) is 3.81. The van der Waals surface area contributed by atoms with E-state index in [4.69, 9.17) is 23.2 Å². The Kier molecular flexibility index (Phi) is 6.28. The molecule has 0 saturated heterocycles. The largest absolute Gasteiger partial charge is 0.387 e. The van der Waals surface area contributed by atoms with Gasteiger partial charge in [-0.25, -0.2) is 0 Å². The molecule has 0 radical (unpaired) electrons. The lowest BCUT2D eigenvalue weighted by atomic mass is 10.1. The summed E-state index contributed by atoms with van der Waals surface area (Å²) in [6, 6.07) is 5.57. The minimum absolute atomic E-state index is 0.433. The number of hydrogen-bond donors (Lipinski definition) is 2. The van der Waals surface area contributed by atoms with Gasteiger partial charge >= 0.3 is 0 Å². The molecular formula is C13H19Cl2NO. The predicted molar refractivity (Wildman–Crippen MR) is 73.8 cm³/mol. The summed E-state index contributed by atoms with van der Waals surface area (Å²) < 4.78 is 0. The zero-order valence-electron chi connectivity index (χ0n) is 10.2. The highest BCUT2D eigenvalue weighted by molar-refractivity contribution is 6.33. The highest BCUT2D eigenvalue weighted by atomic mass is 35.5. The Balaban J connectivity index is 2.63. The van der Waals surface area contributed by atoms with Crippen LogP contribution in [-0.4, -0.2) is 17.7 Å². The van der Waals surface area contributed by atoms with Gasteiger partial charge in [0.25, 0.3) is 0 Å². The molecule has 0 aliphatic heterocycles.